The third kappa shape index (κ3) is 10.1. The molecule has 0 aliphatic carbocycles. The lowest BCUT2D eigenvalue weighted by Gasteiger charge is -2.29. The highest BCUT2D eigenvalue weighted by atomic mass is 31.2. The van der Waals surface area contributed by atoms with Crippen molar-refractivity contribution in [3.05, 3.63) is 0 Å². The molecule has 0 unspecified atom stereocenters. The Morgan fingerprint density at radius 2 is 1.68 bits per heavy atom. The molecule has 0 aromatic rings. The number of carbonyl (C=O) groups excluding carboxylic acids is 1. The Labute approximate surface area is 113 Å². The fraction of sp³-hybridized carbons (Fsp3) is 0.900. The number of aliphatic hydroxyl groups is 2. The van der Waals surface area contributed by atoms with Crippen LogP contribution in [0.3, 0.4) is 0 Å². The quantitative estimate of drug-likeness (QED) is 0.314. The van der Waals surface area contributed by atoms with Crippen molar-refractivity contribution in [2.75, 3.05) is 13.1 Å². The maximum Gasteiger partial charge on any atom is 0.313 e. The van der Waals surface area contributed by atoms with E-state index in [9.17, 15) is 9.69 Å². The fourth-order valence-corrected chi connectivity index (χ4v) is 2.74. The summed E-state index contributed by atoms with van der Waals surface area (Å²) in [5.41, 5.74) is 0. The molecule has 0 saturated carbocycles. The van der Waals surface area contributed by atoms with Crippen LogP contribution in [0.25, 0.3) is 0 Å². The SMILES string of the molecule is CC(C)O[P+]([O-])(NCC(=O)NCC(O)O)OC(C)C. The largest absolute Gasteiger partial charge is 0.616 e. The predicted molar refractivity (Wildman–Crippen MR) is 68.6 cm³/mol. The number of hydrogen-bond donors (Lipinski definition) is 4. The molecule has 0 bridgehead atoms. The van der Waals surface area contributed by atoms with Gasteiger partial charge in [0.05, 0.1) is 6.54 Å². The van der Waals surface area contributed by atoms with E-state index < -0.39 is 20.3 Å². The molecule has 0 aliphatic heterocycles. The van der Waals surface area contributed by atoms with Crippen LogP contribution in [0.15, 0.2) is 0 Å². The van der Waals surface area contributed by atoms with Gasteiger partial charge in [0.15, 0.2) is 6.29 Å². The van der Waals surface area contributed by atoms with E-state index in [2.05, 4.69) is 10.4 Å². The van der Waals surface area contributed by atoms with Crippen LogP contribution in [-0.4, -0.2) is 47.7 Å². The summed E-state index contributed by atoms with van der Waals surface area (Å²) in [6.07, 6.45) is -2.30. The van der Waals surface area contributed by atoms with Gasteiger partial charge in [-0.25, -0.2) is 0 Å². The molecule has 9 heteroatoms. The van der Waals surface area contributed by atoms with Crippen molar-refractivity contribution in [3.63, 3.8) is 0 Å². The normalized spacial score (nSPS) is 12.5. The highest BCUT2D eigenvalue weighted by molar-refractivity contribution is 7.57. The summed E-state index contributed by atoms with van der Waals surface area (Å²) in [4.78, 5) is 23.6. The zero-order valence-corrected chi connectivity index (χ0v) is 12.5. The highest BCUT2D eigenvalue weighted by Gasteiger charge is 2.33. The second-order valence-corrected chi connectivity index (χ2v) is 6.16. The lowest BCUT2D eigenvalue weighted by Crippen LogP contribution is -2.41. The Morgan fingerprint density at radius 1 is 1.21 bits per heavy atom. The van der Waals surface area contributed by atoms with Crippen LogP contribution in [0, 0.1) is 0 Å². The van der Waals surface area contributed by atoms with Crippen LogP contribution in [0.4, 0.5) is 0 Å². The number of amides is 1. The Hall–Kier alpha value is -0.340. The zero-order chi connectivity index (χ0) is 15.1. The van der Waals surface area contributed by atoms with Crippen LogP contribution in [-0.2, 0) is 13.8 Å². The van der Waals surface area contributed by atoms with Crippen molar-refractivity contribution < 1.29 is 28.9 Å². The number of carbonyl (C=O) groups is 1. The maximum atomic E-state index is 12.2. The van der Waals surface area contributed by atoms with Crippen LogP contribution >= 0.6 is 8.09 Å². The van der Waals surface area contributed by atoms with E-state index in [0.29, 0.717) is 0 Å². The number of rotatable bonds is 9. The first-order chi connectivity index (χ1) is 8.64. The van der Waals surface area contributed by atoms with Gasteiger partial charge in [0.25, 0.3) is 0 Å². The molecule has 0 aromatic heterocycles. The summed E-state index contributed by atoms with van der Waals surface area (Å²) in [6, 6.07) is 0. The van der Waals surface area contributed by atoms with Crippen molar-refractivity contribution >= 4 is 14.0 Å². The molecule has 0 rings (SSSR count). The molecule has 8 nitrogen and oxygen atoms in total. The molecular weight excluding hydrogens is 275 g/mol. The van der Waals surface area contributed by atoms with E-state index in [1.54, 1.807) is 27.7 Å². The van der Waals surface area contributed by atoms with Gasteiger partial charge in [-0.15, -0.1) is 5.09 Å². The molecule has 19 heavy (non-hydrogen) atoms. The zero-order valence-electron chi connectivity index (χ0n) is 11.6. The van der Waals surface area contributed by atoms with Gasteiger partial charge in [-0.3, -0.25) is 4.79 Å². The molecule has 0 saturated heterocycles. The van der Waals surface area contributed by atoms with Gasteiger partial charge in [0.2, 0.25) is 5.91 Å². The average Bonchev–Trinajstić information content (AvgIpc) is 2.21. The van der Waals surface area contributed by atoms with Crippen molar-refractivity contribution in [2.24, 2.45) is 0 Å². The molecule has 0 aromatic carbocycles. The standard InChI is InChI=1S/C10H23N2O6P/c1-7(2)17-19(16,18-8(3)4)12-5-9(13)11-6-10(14)15/h7-8,10,14-15H,5-6H2,1-4H3,(H,11,13)(H,12,16). The molecule has 0 fully saturated rings. The highest BCUT2D eigenvalue weighted by Crippen LogP contribution is 2.49. The monoisotopic (exact) mass is 298 g/mol. The Kier molecular flexibility index (Phi) is 8.60. The first kappa shape index (κ1) is 18.7. The Bertz CT molecular complexity index is 265. The molecule has 0 aliphatic rings. The molecule has 0 radical (unpaired) electrons. The predicted octanol–water partition coefficient (Wildman–Crippen LogP) is -1.11. The second kappa shape index (κ2) is 8.76. The van der Waals surface area contributed by atoms with Crippen molar-refractivity contribution in [1.82, 2.24) is 10.4 Å². The van der Waals surface area contributed by atoms with Gasteiger partial charge in [0, 0.05) is 0 Å². The van der Waals surface area contributed by atoms with Gasteiger partial charge in [-0.2, -0.15) is 9.05 Å². The lowest BCUT2D eigenvalue weighted by atomic mass is 10.5. The van der Waals surface area contributed by atoms with Gasteiger partial charge < -0.3 is 20.4 Å². The van der Waals surface area contributed by atoms with E-state index in [0.717, 1.165) is 0 Å². The minimum atomic E-state index is -3.57. The molecule has 0 atom stereocenters. The fourth-order valence-electron chi connectivity index (χ4n) is 1.09. The van der Waals surface area contributed by atoms with E-state index in [1.807, 2.05) is 0 Å². The van der Waals surface area contributed by atoms with Gasteiger partial charge in [-0.05, 0) is 27.7 Å². The maximum absolute atomic E-state index is 12.2. The van der Waals surface area contributed by atoms with Crippen molar-refractivity contribution in [2.45, 2.75) is 46.2 Å². The molecule has 4 N–H and O–H groups in total. The van der Waals surface area contributed by atoms with Crippen LogP contribution < -0.4 is 15.3 Å². The molecule has 0 spiro atoms. The third-order valence-electron chi connectivity index (χ3n) is 1.61. The van der Waals surface area contributed by atoms with Crippen LogP contribution in [0.2, 0.25) is 0 Å². The van der Waals surface area contributed by atoms with E-state index in [4.69, 9.17) is 19.3 Å². The first-order valence-electron chi connectivity index (χ1n) is 5.99. The summed E-state index contributed by atoms with van der Waals surface area (Å²) in [5, 5.41) is 21.8. The lowest BCUT2D eigenvalue weighted by molar-refractivity contribution is -0.229. The van der Waals surface area contributed by atoms with E-state index in [-0.39, 0.29) is 25.3 Å². The smallest absolute Gasteiger partial charge is 0.313 e. The summed E-state index contributed by atoms with van der Waals surface area (Å²) in [7, 11) is -3.57. The van der Waals surface area contributed by atoms with Gasteiger partial charge in [0.1, 0.15) is 18.8 Å². The molecule has 114 valence electrons. The topological polar surface area (TPSA) is 123 Å². The number of nitrogens with one attached hydrogen (secondary N) is 2. The third-order valence-corrected chi connectivity index (χ3v) is 3.56. The Balaban J connectivity index is 4.29. The van der Waals surface area contributed by atoms with Crippen LogP contribution in [0.5, 0.6) is 0 Å². The minimum absolute atomic E-state index is 0.305. The number of hydrogen-bond acceptors (Lipinski definition) is 7. The molecule has 1 amide bonds. The summed E-state index contributed by atoms with van der Waals surface area (Å²) >= 11 is 0. The van der Waals surface area contributed by atoms with E-state index >= 15 is 0 Å². The summed E-state index contributed by atoms with van der Waals surface area (Å²) in [6.45, 7) is 6.16. The Morgan fingerprint density at radius 3 is 2.05 bits per heavy atom. The second-order valence-electron chi connectivity index (χ2n) is 4.43. The van der Waals surface area contributed by atoms with Crippen LogP contribution in [0.1, 0.15) is 27.7 Å². The van der Waals surface area contributed by atoms with Gasteiger partial charge in [-0.1, -0.05) is 0 Å². The number of aliphatic hydroxyl groups excluding tert-OH is 1. The molecule has 0 heterocycles. The van der Waals surface area contributed by atoms with Gasteiger partial charge >= 0.3 is 8.09 Å². The first-order valence-corrected chi connectivity index (χ1v) is 7.53. The van der Waals surface area contributed by atoms with Crippen molar-refractivity contribution in [1.29, 1.82) is 0 Å². The van der Waals surface area contributed by atoms with Crippen molar-refractivity contribution in [3.8, 4) is 0 Å². The summed E-state index contributed by atoms with van der Waals surface area (Å²) in [5.74, 6) is -0.548. The van der Waals surface area contributed by atoms with E-state index in [1.165, 1.54) is 0 Å². The molecular formula is C10H23N2O6P. The summed E-state index contributed by atoms with van der Waals surface area (Å²) < 4.78 is 10.3. The average molecular weight is 298 g/mol. The minimum Gasteiger partial charge on any atom is -0.616 e.